The first-order valence-electron chi connectivity index (χ1n) is 8.94. The summed E-state index contributed by atoms with van der Waals surface area (Å²) in [7, 11) is -2.99. The lowest BCUT2D eigenvalue weighted by molar-refractivity contribution is 0.552. The molecule has 0 unspecified atom stereocenters. The molecule has 0 saturated heterocycles. The van der Waals surface area contributed by atoms with Gasteiger partial charge in [0.2, 0.25) is 0 Å². The second-order valence-corrected chi connectivity index (χ2v) is 10.4. The lowest BCUT2D eigenvalue weighted by Gasteiger charge is -2.18. The average molecular weight is 365 g/mol. The van der Waals surface area contributed by atoms with Gasteiger partial charge >= 0.3 is 5.63 Å². The van der Waals surface area contributed by atoms with Gasteiger partial charge < -0.3 is 4.42 Å². The summed E-state index contributed by atoms with van der Waals surface area (Å²) in [6, 6.07) is 9.15. The SMILES string of the molecule is CC(C)(C)S(=O)(=O)CCCCCCCc1ccc2oc(=O)ccc2c1. The van der Waals surface area contributed by atoms with E-state index in [0.29, 0.717) is 5.58 Å². The summed E-state index contributed by atoms with van der Waals surface area (Å²) in [5.41, 5.74) is 1.53. The van der Waals surface area contributed by atoms with Crippen molar-refractivity contribution in [1.82, 2.24) is 0 Å². The molecule has 0 aliphatic carbocycles. The number of benzene rings is 1. The maximum absolute atomic E-state index is 12.0. The highest BCUT2D eigenvalue weighted by atomic mass is 32.2. The molecule has 4 nitrogen and oxygen atoms in total. The van der Waals surface area contributed by atoms with E-state index in [1.165, 1.54) is 11.6 Å². The van der Waals surface area contributed by atoms with E-state index < -0.39 is 14.6 Å². The van der Waals surface area contributed by atoms with Crippen LogP contribution in [-0.2, 0) is 16.3 Å². The summed E-state index contributed by atoms with van der Waals surface area (Å²) in [5, 5.41) is 0.949. The van der Waals surface area contributed by atoms with Gasteiger partial charge in [-0.05, 0) is 63.8 Å². The number of sulfone groups is 1. The molecule has 138 valence electrons. The molecule has 0 bridgehead atoms. The van der Waals surface area contributed by atoms with E-state index in [2.05, 4.69) is 6.07 Å². The highest BCUT2D eigenvalue weighted by Gasteiger charge is 2.27. The molecule has 1 aromatic heterocycles. The second kappa shape index (κ2) is 8.17. The van der Waals surface area contributed by atoms with Crippen LogP contribution in [0.25, 0.3) is 11.0 Å². The van der Waals surface area contributed by atoms with Gasteiger partial charge in [-0.3, -0.25) is 0 Å². The predicted molar refractivity (Wildman–Crippen MR) is 103 cm³/mol. The molecule has 2 rings (SSSR count). The van der Waals surface area contributed by atoms with Crippen LogP contribution in [0.1, 0.15) is 58.4 Å². The van der Waals surface area contributed by atoms with Crippen molar-refractivity contribution in [3.8, 4) is 0 Å². The third-order valence-corrected chi connectivity index (χ3v) is 7.19. The Kier molecular flexibility index (Phi) is 6.44. The van der Waals surface area contributed by atoms with Gasteiger partial charge in [-0.15, -0.1) is 0 Å². The molecule has 0 atom stereocenters. The minimum Gasteiger partial charge on any atom is -0.423 e. The zero-order chi connectivity index (χ0) is 18.5. The molecule has 0 fully saturated rings. The molecule has 0 N–H and O–H groups in total. The number of fused-ring (bicyclic) bond motifs is 1. The van der Waals surface area contributed by atoms with Gasteiger partial charge in [0.05, 0.1) is 10.5 Å². The topological polar surface area (TPSA) is 64.3 Å². The van der Waals surface area contributed by atoms with Crippen LogP contribution < -0.4 is 5.63 Å². The first kappa shape index (κ1) is 19.7. The number of hydrogen-bond acceptors (Lipinski definition) is 4. The van der Waals surface area contributed by atoms with E-state index in [1.807, 2.05) is 12.1 Å². The highest BCUT2D eigenvalue weighted by molar-refractivity contribution is 7.92. The third kappa shape index (κ3) is 5.70. The standard InChI is InChI=1S/C20H28O4S/c1-20(2,3)25(22,23)14-8-6-4-5-7-9-16-10-12-18-17(15-16)11-13-19(21)24-18/h10-13,15H,4-9,14H2,1-3H3. The average Bonchev–Trinajstić information content (AvgIpc) is 2.52. The minimum absolute atomic E-state index is 0.284. The van der Waals surface area contributed by atoms with Crippen LogP contribution in [0.4, 0.5) is 0 Å². The fraction of sp³-hybridized carbons (Fsp3) is 0.550. The normalized spacial score (nSPS) is 12.6. The van der Waals surface area contributed by atoms with Gasteiger partial charge in [-0.2, -0.15) is 0 Å². The monoisotopic (exact) mass is 364 g/mol. The number of unbranched alkanes of at least 4 members (excludes halogenated alkanes) is 4. The number of aryl methyl sites for hydroxylation is 1. The molecule has 0 spiro atoms. The van der Waals surface area contributed by atoms with Gasteiger partial charge in [0.25, 0.3) is 0 Å². The third-order valence-electron chi connectivity index (χ3n) is 4.50. The smallest absolute Gasteiger partial charge is 0.336 e. The first-order valence-corrected chi connectivity index (χ1v) is 10.6. The van der Waals surface area contributed by atoms with E-state index in [4.69, 9.17) is 4.42 Å². The van der Waals surface area contributed by atoms with Crippen molar-refractivity contribution >= 4 is 20.8 Å². The lowest BCUT2D eigenvalue weighted by atomic mass is 10.0. The van der Waals surface area contributed by atoms with Crippen molar-refractivity contribution in [3.05, 3.63) is 46.3 Å². The predicted octanol–water partition coefficient (Wildman–Crippen LogP) is 4.50. The lowest BCUT2D eigenvalue weighted by Crippen LogP contribution is -2.30. The summed E-state index contributed by atoms with van der Waals surface area (Å²) in [6.45, 7) is 5.28. The van der Waals surface area contributed by atoms with Crippen molar-refractivity contribution in [2.45, 2.75) is 64.0 Å². The van der Waals surface area contributed by atoms with E-state index in [9.17, 15) is 13.2 Å². The molecule has 0 amide bonds. The molecule has 0 aliphatic heterocycles. The molecule has 2 aromatic rings. The van der Waals surface area contributed by atoms with E-state index in [1.54, 1.807) is 26.8 Å². The Balaban J connectivity index is 1.70. The zero-order valence-corrected chi connectivity index (χ0v) is 16.2. The van der Waals surface area contributed by atoms with Gasteiger partial charge in [0.15, 0.2) is 9.84 Å². The van der Waals surface area contributed by atoms with Crippen LogP contribution in [0.2, 0.25) is 0 Å². The van der Waals surface area contributed by atoms with Crippen molar-refractivity contribution in [2.24, 2.45) is 0 Å². The van der Waals surface area contributed by atoms with Crippen molar-refractivity contribution in [3.63, 3.8) is 0 Å². The highest BCUT2D eigenvalue weighted by Crippen LogP contribution is 2.19. The van der Waals surface area contributed by atoms with Gasteiger partial charge in [-0.1, -0.05) is 25.3 Å². The molecule has 1 aromatic carbocycles. The number of hydrogen-bond donors (Lipinski definition) is 0. The van der Waals surface area contributed by atoms with Crippen LogP contribution in [0.5, 0.6) is 0 Å². The summed E-state index contributed by atoms with van der Waals surface area (Å²) in [6.07, 6.45) is 5.91. The van der Waals surface area contributed by atoms with Crippen molar-refractivity contribution < 1.29 is 12.8 Å². The van der Waals surface area contributed by atoms with E-state index >= 15 is 0 Å². The Morgan fingerprint density at radius 3 is 2.32 bits per heavy atom. The van der Waals surface area contributed by atoms with Crippen LogP contribution in [-0.4, -0.2) is 18.9 Å². The molecule has 1 heterocycles. The summed E-state index contributed by atoms with van der Waals surface area (Å²) >= 11 is 0. The van der Waals surface area contributed by atoms with Crippen LogP contribution >= 0.6 is 0 Å². The molecule has 0 saturated carbocycles. The quantitative estimate of drug-likeness (QED) is 0.511. The van der Waals surface area contributed by atoms with E-state index in [0.717, 1.165) is 43.9 Å². The van der Waals surface area contributed by atoms with Crippen LogP contribution in [0, 0.1) is 0 Å². The Morgan fingerprint density at radius 2 is 1.60 bits per heavy atom. The van der Waals surface area contributed by atoms with Gasteiger partial charge in [0.1, 0.15) is 5.58 Å². The molecule has 0 aliphatic rings. The summed E-state index contributed by atoms with van der Waals surface area (Å²) < 4.78 is 28.5. The molecular formula is C20H28O4S. The van der Waals surface area contributed by atoms with Crippen molar-refractivity contribution in [1.29, 1.82) is 0 Å². The fourth-order valence-electron chi connectivity index (χ4n) is 2.73. The maximum atomic E-state index is 12.0. The van der Waals surface area contributed by atoms with Crippen LogP contribution in [0.15, 0.2) is 39.5 Å². The first-order chi connectivity index (χ1) is 11.7. The zero-order valence-electron chi connectivity index (χ0n) is 15.4. The number of rotatable bonds is 8. The Morgan fingerprint density at radius 1 is 0.920 bits per heavy atom. The summed E-state index contributed by atoms with van der Waals surface area (Å²) in [4.78, 5) is 11.2. The van der Waals surface area contributed by atoms with Crippen molar-refractivity contribution in [2.75, 3.05) is 5.75 Å². The Bertz CT molecular complexity index is 857. The fourth-order valence-corrected chi connectivity index (χ4v) is 3.93. The molecule has 0 radical (unpaired) electrons. The Hall–Kier alpha value is -1.62. The van der Waals surface area contributed by atoms with E-state index in [-0.39, 0.29) is 11.4 Å². The maximum Gasteiger partial charge on any atom is 0.336 e. The largest absolute Gasteiger partial charge is 0.423 e. The summed E-state index contributed by atoms with van der Waals surface area (Å²) in [5.74, 6) is 0.284. The molecule has 5 heteroatoms. The Labute approximate surface area is 150 Å². The molecular weight excluding hydrogens is 336 g/mol. The van der Waals surface area contributed by atoms with Gasteiger partial charge in [-0.25, -0.2) is 13.2 Å². The minimum atomic E-state index is -2.99. The van der Waals surface area contributed by atoms with Crippen LogP contribution in [0.3, 0.4) is 0 Å². The molecule has 25 heavy (non-hydrogen) atoms. The van der Waals surface area contributed by atoms with Gasteiger partial charge in [0, 0.05) is 11.5 Å². The second-order valence-electron chi connectivity index (χ2n) is 7.58.